The summed E-state index contributed by atoms with van der Waals surface area (Å²) < 4.78 is 0. The van der Waals surface area contributed by atoms with E-state index >= 15 is 0 Å². The smallest absolute Gasteiger partial charge is 0.0783 e. The quantitative estimate of drug-likeness (QED) is 0.508. The predicted octanol–water partition coefficient (Wildman–Crippen LogP) is 4.00. The molecule has 1 aromatic heterocycles. The molecule has 0 saturated carbocycles. The predicted molar refractivity (Wildman–Crippen MR) is 68.7 cm³/mol. The minimum Gasteiger partial charge on any atom is -0.252 e. The summed E-state index contributed by atoms with van der Waals surface area (Å²) in [5.41, 5.74) is 3.48. The fourth-order valence-electron chi connectivity index (χ4n) is 2.11. The minimum atomic E-state index is 1.11. The van der Waals surface area contributed by atoms with Crippen molar-refractivity contribution >= 4 is 21.7 Å². The molecule has 0 spiro atoms. The second-order valence-corrected chi connectivity index (χ2v) is 4.25. The third kappa shape index (κ3) is 1.28. The van der Waals surface area contributed by atoms with E-state index in [4.69, 9.17) is 4.98 Å². The Morgan fingerprint density at radius 1 is 0.875 bits per heavy atom. The van der Waals surface area contributed by atoms with Crippen LogP contribution < -0.4 is 0 Å². The number of fused-ring (bicyclic) bond motifs is 3. The van der Waals surface area contributed by atoms with E-state index in [1.807, 2.05) is 0 Å². The van der Waals surface area contributed by atoms with E-state index in [1.165, 1.54) is 21.7 Å². The van der Waals surface area contributed by atoms with Crippen molar-refractivity contribution in [2.75, 3.05) is 0 Å². The van der Waals surface area contributed by atoms with Crippen LogP contribution in [0.25, 0.3) is 21.7 Å². The molecule has 0 aliphatic rings. The summed E-state index contributed by atoms with van der Waals surface area (Å²) in [5, 5.41) is 3.72. The Labute approximate surface area is 94.7 Å². The molecule has 0 aliphatic carbocycles. The van der Waals surface area contributed by atoms with Gasteiger partial charge in [-0.25, -0.2) is 0 Å². The highest BCUT2D eigenvalue weighted by molar-refractivity contribution is 6.05. The lowest BCUT2D eigenvalue weighted by molar-refractivity contribution is 1.20. The van der Waals surface area contributed by atoms with Gasteiger partial charge in [0.25, 0.3) is 0 Å². The van der Waals surface area contributed by atoms with E-state index in [-0.39, 0.29) is 0 Å². The molecule has 0 unspecified atom stereocenters. The molecule has 16 heavy (non-hydrogen) atoms. The summed E-state index contributed by atoms with van der Waals surface area (Å²) in [4.78, 5) is 4.70. The standard InChI is InChI=1S/C15H13N/c1-10-9-13-8-7-12-5-3-4-6-14(12)15(13)16-11(10)2/h3-9H,1-2H3. The maximum absolute atomic E-state index is 4.70. The second kappa shape index (κ2) is 3.31. The van der Waals surface area contributed by atoms with Crippen LogP contribution in [0.4, 0.5) is 0 Å². The molecular formula is C15H13N. The fraction of sp³-hybridized carbons (Fsp3) is 0.133. The normalized spacial score (nSPS) is 11.1. The molecule has 0 atom stereocenters. The molecule has 1 heteroatoms. The first-order valence-electron chi connectivity index (χ1n) is 5.51. The first-order chi connectivity index (χ1) is 7.75. The Balaban J connectivity index is 2.55. The van der Waals surface area contributed by atoms with E-state index < -0.39 is 0 Å². The Morgan fingerprint density at radius 3 is 2.50 bits per heavy atom. The molecule has 0 radical (unpaired) electrons. The number of rotatable bonds is 0. The molecule has 0 aliphatic heterocycles. The van der Waals surface area contributed by atoms with Gasteiger partial charge in [0.15, 0.2) is 0 Å². The summed E-state index contributed by atoms with van der Waals surface area (Å²) in [6.45, 7) is 4.17. The van der Waals surface area contributed by atoms with Gasteiger partial charge < -0.3 is 0 Å². The van der Waals surface area contributed by atoms with Crippen molar-refractivity contribution in [2.24, 2.45) is 0 Å². The first kappa shape index (κ1) is 9.34. The van der Waals surface area contributed by atoms with Crippen LogP contribution in [-0.4, -0.2) is 4.98 Å². The van der Waals surface area contributed by atoms with Crippen molar-refractivity contribution in [1.82, 2.24) is 4.98 Å². The van der Waals surface area contributed by atoms with Gasteiger partial charge in [-0.2, -0.15) is 0 Å². The number of hydrogen-bond donors (Lipinski definition) is 0. The lowest BCUT2D eigenvalue weighted by Gasteiger charge is -2.06. The summed E-state index contributed by atoms with van der Waals surface area (Å²) >= 11 is 0. The average molecular weight is 207 g/mol. The van der Waals surface area contributed by atoms with Crippen LogP contribution in [0.5, 0.6) is 0 Å². The summed E-state index contributed by atoms with van der Waals surface area (Å²) in [6.07, 6.45) is 0. The zero-order valence-corrected chi connectivity index (χ0v) is 9.49. The van der Waals surface area contributed by atoms with Crippen molar-refractivity contribution in [3.05, 3.63) is 53.7 Å². The van der Waals surface area contributed by atoms with E-state index in [1.54, 1.807) is 0 Å². The molecule has 3 aromatic rings. The minimum absolute atomic E-state index is 1.11. The zero-order chi connectivity index (χ0) is 11.1. The molecule has 3 rings (SSSR count). The monoisotopic (exact) mass is 207 g/mol. The molecule has 0 saturated heterocycles. The van der Waals surface area contributed by atoms with Crippen molar-refractivity contribution in [1.29, 1.82) is 0 Å². The maximum Gasteiger partial charge on any atom is 0.0783 e. The van der Waals surface area contributed by atoms with Gasteiger partial charge in [0.2, 0.25) is 0 Å². The number of aryl methyl sites for hydroxylation is 2. The highest BCUT2D eigenvalue weighted by atomic mass is 14.7. The fourth-order valence-corrected chi connectivity index (χ4v) is 2.11. The zero-order valence-electron chi connectivity index (χ0n) is 9.49. The lowest BCUT2D eigenvalue weighted by atomic mass is 10.0. The number of nitrogens with zero attached hydrogens (tertiary/aromatic N) is 1. The molecule has 1 heterocycles. The van der Waals surface area contributed by atoms with Crippen molar-refractivity contribution in [3.63, 3.8) is 0 Å². The van der Waals surface area contributed by atoms with Crippen molar-refractivity contribution in [3.8, 4) is 0 Å². The summed E-state index contributed by atoms with van der Waals surface area (Å²) in [5.74, 6) is 0. The van der Waals surface area contributed by atoms with Crippen LogP contribution in [-0.2, 0) is 0 Å². The van der Waals surface area contributed by atoms with Gasteiger partial charge in [0.1, 0.15) is 0 Å². The van der Waals surface area contributed by atoms with Gasteiger partial charge in [-0.15, -0.1) is 0 Å². The van der Waals surface area contributed by atoms with Crippen LogP contribution >= 0.6 is 0 Å². The molecule has 1 nitrogen and oxygen atoms in total. The highest BCUT2D eigenvalue weighted by Crippen LogP contribution is 2.24. The van der Waals surface area contributed by atoms with Crippen molar-refractivity contribution < 1.29 is 0 Å². The van der Waals surface area contributed by atoms with Crippen LogP contribution in [0.15, 0.2) is 42.5 Å². The second-order valence-electron chi connectivity index (χ2n) is 4.25. The highest BCUT2D eigenvalue weighted by Gasteiger charge is 2.03. The SMILES string of the molecule is Cc1cc2ccc3ccccc3c2nc1C. The largest absolute Gasteiger partial charge is 0.252 e. The van der Waals surface area contributed by atoms with E-state index in [0.29, 0.717) is 0 Å². The Morgan fingerprint density at radius 2 is 1.62 bits per heavy atom. The van der Waals surface area contributed by atoms with Crippen LogP contribution in [0.3, 0.4) is 0 Å². The first-order valence-corrected chi connectivity index (χ1v) is 5.51. The topological polar surface area (TPSA) is 12.9 Å². The summed E-state index contributed by atoms with van der Waals surface area (Å²) in [6, 6.07) is 14.9. The molecule has 2 aromatic carbocycles. The molecule has 78 valence electrons. The third-order valence-corrected chi connectivity index (χ3v) is 3.15. The van der Waals surface area contributed by atoms with Crippen molar-refractivity contribution in [2.45, 2.75) is 13.8 Å². The summed E-state index contributed by atoms with van der Waals surface area (Å²) in [7, 11) is 0. The van der Waals surface area contributed by atoms with E-state index in [0.717, 1.165) is 11.2 Å². The number of pyridine rings is 1. The molecule has 0 bridgehead atoms. The number of aromatic nitrogens is 1. The van der Waals surface area contributed by atoms with Gasteiger partial charge in [0.05, 0.1) is 5.52 Å². The average Bonchev–Trinajstić information content (AvgIpc) is 2.31. The molecule has 0 amide bonds. The Kier molecular flexibility index (Phi) is 1.93. The van der Waals surface area contributed by atoms with Gasteiger partial charge >= 0.3 is 0 Å². The molecular weight excluding hydrogens is 194 g/mol. The van der Waals surface area contributed by atoms with E-state index in [9.17, 15) is 0 Å². The van der Waals surface area contributed by atoms with Gasteiger partial charge in [-0.1, -0.05) is 36.4 Å². The number of benzene rings is 2. The molecule has 0 fully saturated rings. The lowest BCUT2D eigenvalue weighted by Crippen LogP contribution is -1.89. The Bertz CT molecular complexity index is 683. The van der Waals surface area contributed by atoms with Crippen LogP contribution in [0, 0.1) is 13.8 Å². The number of hydrogen-bond acceptors (Lipinski definition) is 1. The molecule has 0 N–H and O–H groups in total. The van der Waals surface area contributed by atoms with Gasteiger partial charge in [-0.3, -0.25) is 4.98 Å². The third-order valence-electron chi connectivity index (χ3n) is 3.15. The van der Waals surface area contributed by atoms with E-state index in [2.05, 4.69) is 56.3 Å². The van der Waals surface area contributed by atoms with Crippen LogP contribution in [0.2, 0.25) is 0 Å². The van der Waals surface area contributed by atoms with Gasteiger partial charge in [-0.05, 0) is 30.9 Å². The van der Waals surface area contributed by atoms with Gasteiger partial charge in [0, 0.05) is 16.5 Å². The Hall–Kier alpha value is -1.89. The van der Waals surface area contributed by atoms with Crippen LogP contribution in [0.1, 0.15) is 11.3 Å². The maximum atomic E-state index is 4.70.